The van der Waals surface area contributed by atoms with Gasteiger partial charge in [-0.1, -0.05) is 26.7 Å². The van der Waals surface area contributed by atoms with E-state index in [2.05, 4.69) is 0 Å². The van der Waals surface area contributed by atoms with Gasteiger partial charge in [0.1, 0.15) is 0 Å². The molecule has 0 aliphatic heterocycles. The highest BCUT2D eigenvalue weighted by Gasteiger charge is 2.43. The Labute approximate surface area is 103 Å². The summed E-state index contributed by atoms with van der Waals surface area (Å²) in [7, 11) is 0. The van der Waals surface area contributed by atoms with Crippen LogP contribution in [0.5, 0.6) is 0 Å². The number of hydrogen-bond acceptors (Lipinski definition) is 2. The molecule has 0 radical (unpaired) electrons. The van der Waals surface area contributed by atoms with E-state index in [-0.39, 0.29) is 6.42 Å². The lowest BCUT2D eigenvalue weighted by molar-refractivity contribution is -0.157. The zero-order valence-corrected chi connectivity index (χ0v) is 11.2. The molecule has 2 unspecified atom stereocenters. The molecule has 0 heterocycles. The predicted molar refractivity (Wildman–Crippen MR) is 65.9 cm³/mol. The summed E-state index contributed by atoms with van der Waals surface area (Å²) in [6.45, 7) is 7.13. The maximum atomic E-state index is 11.3. The molecule has 0 aromatic carbocycles. The van der Waals surface area contributed by atoms with Crippen molar-refractivity contribution in [2.75, 3.05) is 0 Å². The summed E-state index contributed by atoms with van der Waals surface area (Å²) < 4.78 is 0. The molecule has 2 N–H and O–H groups in total. The van der Waals surface area contributed by atoms with E-state index in [1.165, 1.54) is 0 Å². The van der Waals surface area contributed by atoms with Crippen LogP contribution in [0.4, 0.5) is 0 Å². The van der Waals surface area contributed by atoms with Crippen molar-refractivity contribution in [3.05, 3.63) is 0 Å². The predicted octanol–water partition coefficient (Wildman–Crippen LogP) is 3.16. The molecular formula is C13H24O4. The third-order valence-corrected chi connectivity index (χ3v) is 3.42. The molecule has 4 nitrogen and oxygen atoms in total. The first-order chi connectivity index (χ1) is 7.72. The minimum atomic E-state index is -0.947. The zero-order chi connectivity index (χ0) is 13.7. The van der Waals surface area contributed by atoms with Crippen molar-refractivity contribution >= 4 is 11.9 Å². The van der Waals surface area contributed by atoms with Crippen LogP contribution in [0.2, 0.25) is 0 Å². The van der Waals surface area contributed by atoms with Crippen molar-refractivity contribution in [2.24, 2.45) is 10.8 Å². The van der Waals surface area contributed by atoms with Crippen LogP contribution in [0, 0.1) is 10.8 Å². The average Bonchev–Trinajstić information content (AvgIpc) is 2.17. The molecule has 0 saturated heterocycles. The van der Waals surface area contributed by atoms with Gasteiger partial charge in [-0.15, -0.1) is 0 Å². The molecule has 0 fully saturated rings. The lowest BCUT2D eigenvalue weighted by Crippen LogP contribution is -2.38. The molecule has 0 aliphatic rings. The molecule has 100 valence electrons. The van der Waals surface area contributed by atoms with Gasteiger partial charge in [-0.2, -0.15) is 0 Å². The summed E-state index contributed by atoms with van der Waals surface area (Å²) in [5.41, 5.74) is -1.89. The summed E-state index contributed by atoms with van der Waals surface area (Å²) in [6.07, 6.45) is 2.69. The van der Waals surface area contributed by atoms with Crippen molar-refractivity contribution < 1.29 is 19.8 Å². The maximum absolute atomic E-state index is 11.3. The van der Waals surface area contributed by atoms with E-state index in [9.17, 15) is 19.8 Å². The van der Waals surface area contributed by atoms with Gasteiger partial charge < -0.3 is 10.2 Å². The monoisotopic (exact) mass is 244 g/mol. The molecule has 0 aliphatic carbocycles. The number of hydrogen-bond donors (Lipinski definition) is 2. The Bertz CT molecular complexity index is 259. The van der Waals surface area contributed by atoms with Crippen LogP contribution in [0.1, 0.15) is 59.8 Å². The minimum Gasteiger partial charge on any atom is -0.481 e. The van der Waals surface area contributed by atoms with E-state index >= 15 is 0 Å². The van der Waals surface area contributed by atoms with Crippen LogP contribution < -0.4 is 0 Å². The van der Waals surface area contributed by atoms with Crippen LogP contribution in [0.15, 0.2) is 0 Å². The van der Waals surface area contributed by atoms with Crippen molar-refractivity contribution in [3.8, 4) is 0 Å². The van der Waals surface area contributed by atoms with Gasteiger partial charge in [0.15, 0.2) is 0 Å². The fraction of sp³-hybridized carbons (Fsp3) is 0.846. The van der Waals surface area contributed by atoms with Gasteiger partial charge in [0.2, 0.25) is 0 Å². The Morgan fingerprint density at radius 3 is 1.35 bits per heavy atom. The summed E-state index contributed by atoms with van der Waals surface area (Å²) in [5.74, 6) is -1.80. The molecule has 4 heteroatoms. The second-order valence-electron chi connectivity index (χ2n) is 5.41. The minimum absolute atomic E-state index is 0.187. The fourth-order valence-corrected chi connectivity index (χ4v) is 2.51. The van der Waals surface area contributed by atoms with Crippen LogP contribution in [0.3, 0.4) is 0 Å². The Balaban J connectivity index is 5.06. The quantitative estimate of drug-likeness (QED) is 0.687. The molecule has 0 aromatic rings. The number of carbonyl (C=O) groups is 2. The van der Waals surface area contributed by atoms with Crippen molar-refractivity contribution in [2.45, 2.75) is 59.8 Å². The number of carboxylic acid groups (broad SMARTS) is 2. The van der Waals surface area contributed by atoms with E-state index in [4.69, 9.17) is 0 Å². The first kappa shape index (κ1) is 15.9. The molecule has 0 saturated carbocycles. The molecule has 0 spiro atoms. The first-order valence-corrected chi connectivity index (χ1v) is 6.18. The highest BCUT2D eigenvalue weighted by molar-refractivity contribution is 5.78. The molecule has 0 amide bonds. The standard InChI is InChI=1S/C13H24O4/c1-5-7-12(3,10(14)15)9-13(4,8-6-2)11(16)17/h5-9H2,1-4H3,(H,14,15)(H,16,17). The van der Waals surface area contributed by atoms with Crippen molar-refractivity contribution in [1.29, 1.82) is 0 Å². The fourth-order valence-electron chi connectivity index (χ4n) is 2.51. The molecule has 0 aromatic heterocycles. The number of rotatable bonds is 8. The lowest BCUT2D eigenvalue weighted by Gasteiger charge is -2.34. The summed E-state index contributed by atoms with van der Waals surface area (Å²) >= 11 is 0. The first-order valence-electron chi connectivity index (χ1n) is 6.18. The smallest absolute Gasteiger partial charge is 0.309 e. The molecule has 0 rings (SSSR count). The zero-order valence-electron chi connectivity index (χ0n) is 11.2. The molecular weight excluding hydrogens is 220 g/mol. The van der Waals surface area contributed by atoms with Gasteiger partial charge in [-0.25, -0.2) is 0 Å². The Morgan fingerprint density at radius 2 is 1.18 bits per heavy atom. The van der Waals surface area contributed by atoms with E-state index in [1.54, 1.807) is 13.8 Å². The van der Waals surface area contributed by atoms with Gasteiger partial charge >= 0.3 is 11.9 Å². The van der Waals surface area contributed by atoms with E-state index in [0.717, 1.165) is 12.8 Å². The second-order valence-corrected chi connectivity index (χ2v) is 5.41. The van der Waals surface area contributed by atoms with Gasteiger partial charge in [-0.05, 0) is 33.1 Å². The van der Waals surface area contributed by atoms with Crippen LogP contribution in [0.25, 0.3) is 0 Å². The maximum Gasteiger partial charge on any atom is 0.309 e. The van der Waals surface area contributed by atoms with Gasteiger partial charge in [-0.3, -0.25) is 9.59 Å². The average molecular weight is 244 g/mol. The third kappa shape index (κ3) is 4.02. The van der Waals surface area contributed by atoms with Crippen LogP contribution >= 0.6 is 0 Å². The Kier molecular flexibility index (Phi) is 5.66. The van der Waals surface area contributed by atoms with Crippen LogP contribution in [-0.2, 0) is 9.59 Å². The van der Waals surface area contributed by atoms with E-state index in [1.807, 2.05) is 13.8 Å². The molecule has 2 atom stereocenters. The highest BCUT2D eigenvalue weighted by atomic mass is 16.4. The number of aliphatic carboxylic acids is 2. The van der Waals surface area contributed by atoms with E-state index < -0.39 is 22.8 Å². The summed E-state index contributed by atoms with van der Waals surface area (Å²) in [5, 5.41) is 18.6. The highest BCUT2D eigenvalue weighted by Crippen LogP contribution is 2.40. The second kappa shape index (κ2) is 6.03. The number of carboxylic acids is 2. The molecule has 17 heavy (non-hydrogen) atoms. The molecule has 0 bridgehead atoms. The summed E-state index contributed by atoms with van der Waals surface area (Å²) in [4.78, 5) is 22.6. The largest absolute Gasteiger partial charge is 0.481 e. The van der Waals surface area contributed by atoms with E-state index in [0.29, 0.717) is 12.8 Å². The third-order valence-electron chi connectivity index (χ3n) is 3.42. The normalized spacial score (nSPS) is 18.1. The van der Waals surface area contributed by atoms with Crippen molar-refractivity contribution in [1.82, 2.24) is 0 Å². The topological polar surface area (TPSA) is 74.6 Å². The van der Waals surface area contributed by atoms with Crippen molar-refractivity contribution in [3.63, 3.8) is 0 Å². The summed E-state index contributed by atoms with van der Waals surface area (Å²) in [6, 6.07) is 0. The van der Waals surface area contributed by atoms with Gasteiger partial charge in [0.05, 0.1) is 10.8 Å². The lowest BCUT2D eigenvalue weighted by atomic mass is 9.69. The van der Waals surface area contributed by atoms with Crippen LogP contribution in [-0.4, -0.2) is 22.2 Å². The SMILES string of the molecule is CCCC(C)(CC(C)(CCC)C(=O)O)C(=O)O. The Morgan fingerprint density at radius 1 is 0.882 bits per heavy atom. The Hall–Kier alpha value is -1.06. The van der Waals surface area contributed by atoms with Gasteiger partial charge in [0.25, 0.3) is 0 Å². The van der Waals surface area contributed by atoms with Gasteiger partial charge in [0, 0.05) is 0 Å².